The molecular formula is C6H7BO3. The molecule has 3 nitrogen and oxygen atoms in total. The van der Waals surface area contributed by atoms with Gasteiger partial charge in [0.15, 0.2) is 5.78 Å². The Bertz CT molecular complexity index is 195. The Morgan fingerprint density at radius 3 is 2.50 bits per heavy atom. The molecule has 0 amide bonds. The number of hydrogen-bond donors (Lipinski definition) is 2. The summed E-state index contributed by atoms with van der Waals surface area (Å²) >= 11 is 0. The molecule has 0 aliphatic heterocycles. The Kier molecular flexibility index (Phi) is 2.04. The highest BCUT2D eigenvalue weighted by Gasteiger charge is 2.27. The van der Waals surface area contributed by atoms with Gasteiger partial charge in [-0.15, -0.1) is 0 Å². The molecule has 2 N–H and O–H groups in total. The SMILES string of the molecule is O=C1C=CC=CC1B(O)O. The number of rotatable bonds is 1. The molecule has 0 bridgehead atoms. The van der Waals surface area contributed by atoms with Crippen LogP contribution in [0.25, 0.3) is 0 Å². The van der Waals surface area contributed by atoms with Gasteiger partial charge in [-0.25, -0.2) is 0 Å². The van der Waals surface area contributed by atoms with E-state index in [0.717, 1.165) is 0 Å². The quantitative estimate of drug-likeness (QED) is 0.481. The lowest BCUT2D eigenvalue weighted by molar-refractivity contribution is -0.114. The first kappa shape index (κ1) is 7.24. The molecule has 1 aliphatic carbocycles. The van der Waals surface area contributed by atoms with Gasteiger partial charge in [0.05, 0.1) is 5.82 Å². The summed E-state index contributed by atoms with van der Waals surface area (Å²) in [5, 5.41) is 17.2. The first-order valence-corrected chi connectivity index (χ1v) is 2.96. The molecule has 0 aromatic heterocycles. The van der Waals surface area contributed by atoms with Gasteiger partial charge in [-0.05, 0) is 6.08 Å². The van der Waals surface area contributed by atoms with Gasteiger partial charge in [0.1, 0.15) is 0 Å². The second kappa shape index (κ2) is 2.81. The summed E-state index contributed by atoms with van der Waals surface area (Å²) in [7, 11) is -1.58. The van der Waals surface area contributed by atoms with Crippen LogP contribution < -0.4 is 0 Å². The van der Waals surface area contributed by atoms with E-state index in [4.69, 9.17) is 10.0 Å². The summed E-state index contributed by atoms with van der Waals surface area (Å²) in [5.74, 6) is -1.04. The maximum atomic E-state index is 10.8. The Labute approximate surface area is 58.8 Å². The largest absolute Gasteiger partial charge is 0.466 e. The first-order valence-electron chi connectivity index (χ1n) is 2.96. The third-order valence-electron chi connectivity index (χ3n) is 1.34. The molecule has 4 heteroatoms. The van der Waals surface area contributed by atoms with Gasteiger partial charge < -0.3 is 10.0 Å². The predicted octanol–water partition coefficient (Wildman–Crippen LogP) is -0.476. The number of ketones is 1. The summed E-state index contributed by atoms with van der Waals surface area (Å²) in [6, 6.07) is 0. The summed E-state index contributed by atoms with van der Waals surface area (Å²) in [6.07, 6.45) is 5.98. The van der Waals surface area contributed by atoms with E-state index in [0.29, 0.717) is 0 Å². The van der Waals surface area contributed by atoms with Gasteiger partial charge in [-0.2, -0.15) is 0 Å². The van der Waals surface area contributed by atoms with E-state index in [-0.39, 0.29) is 5.78 Å². The zero-order valence-corrected chi connectivity index (χ0v) is 5.27. The number of carbonyl (C=O) groups is 1. The summed E-state index contributed by atoms with van der Waals surface area (Å²) in [4.78, 5) is 10.8. The van der Waals surface area contributed by atoms with Crippen molar-refractivity contribution >= 4 is 12.9 Å². The lowest BCUT2D eigenvalue weighted by Crippen LogP contribution is -2.25. The highest BCUT2D eigenvalue weighted by molar-refractivity contribution is 6.51. The fourth-order valence-corrected chi connectivity index (χ4v) is 0.787. The molecule has 0 fully saturated rings. The van der Waals surface area contributed by atoms with E-state index in [1.807, 2.05) is 0 Å². The van der Waals surface area contributed by atoms with Crippen molar-refractivity contribution in [3.8, 4) is 0 Å². The van der Waals surface area contributed by atoms with Crippen molar-refractivity contribution in [3.63, 3.8) is 0 Å². The van der Waals surface area contributed by atoms with Crippen LogP contribution in [0.2, 0.25) is 5.82 Å². The average Bonchev–Trinajstić information content (AvgIpc) is 1.88. The second-order valence-corrected chi connectivity index (χ2v) is 2.09. The van der Waals surface area contributed by atoms with Crippen LogP contribution in [0.4, 0.5) is 0 Å². The monoisotopic (exact) mass is 138 g/mol. The van der Waals surface area contributed by atoms with E-state index in [1.165, 1.54) is 12.2 Å². The van der Waals surface area contributed by atoms with Gasteiger partial charge >= 0.3 is 7.12 Å². The van der Waals surface area contributed by atoms with Crippen molar-refractivity contribution in [2.45, 2.75) is 5.82 Å². The van der Waals surface area contributed by atoms with Crippen LogP contribution in [0.15, 0.2) is 24.3 Å². The first-order chi connectivity index (χ1) is 4.72. The standard InChI is InChI=1S/C6H7BO3/c8-6-4-2-1-3-5(6)7(9)10/h1-5,9-10H. The van der Waals surface area contributed by atoms with E-state index in [2.05, 4.69) is 0 Å². The summed E-state index contributed by atoms with van der Waals surface area (Å²) in [6.45, 7) is 0. The van der Waals surface area contributed by atoms with Crippen LogP contribution in [0.3, 0.4) is 0 Å². The normalized spacial score (nSPS) is 23.4. The molecule has 1 aliphatic rings. The Morgan fingerprint density at radius 2 is 2.10 bits per heavy atom. The molecular weight excluding hydrogens is 131 g/mol. The lowest BCUT2D eigenvalue weighted by Gasteiger charge is -2.08. The number of carbonyl (C=O) groups excluding carboxylic acids is 1. The third kappa shape index (κ3) is 1.34. The van der Waals surface area contributed by atoms with Gasteiger partial charge in [0, 0.05) is 0 Å². The lowest BCUT2D eigenvalue weighted by atomic mass is 9.69. The predicted molar refractivity (Wildman–Crippen MR) is 37.2 cm³/mol. The minimum absolute atomic E-state index is 0.266. The maximum absolute atomic E-state index is 10.8. The highest BCUT2D eigenvalue weighted by atomic mass is 16.4. The Balaban J connectivity index is 2.70. The minimum Gasteiger partial charge on any atom is -0.426 e. The third-order valence-corrected chi connectivity index (χ3v) is 1.34. The van der Waals surface area contributed by atoms with Crippen molar-refractivity contribution < 1.29 is 14.8 Å². The number of allylic oxidation sites excluding steroid dienone is 4. The van der Waals surface area contributed by atoms with Gasteiger partial charge in [-0.1, -0.05) is 18.2 Å². The average molecular weight is 138 g/mol. The molecule has 0 saturated carbocycles. The van der Waals surface area contributed by atoms with Crippen molar-refractivity contribution in [1.29, 1.82) is 0 Å². The molecule has 1 rings (SSSR count). The van der Waals surface area contributed by atoms with Crippen LogP contribution in [0.1, 0.15) is 0 Å². The van der Waals surface area contributed by atoms with Crippen molar-refractivity contribution in [2.24, 2.45) is 0 Å². The summed E-state index contributed by atoms with van der Waals surface area (Å²) in [5.41, 5.74) is 0. The minimum atomic E-state index is -1.58. The molecule has 1 unspecified atom stereocenters. The fraction of sp³-hybridized carbons (Fsp3) is 0.167. The zero-order chi connectivity index (χ0) is 7.56. The molecule has 0 aromatic carbocycles. The van der Waals surface area contributed by atoms with E-state index in [9.17, 15) is 4.79 Å². The van der Waals surface area contributed by atoms with Crippen molar-refractivity contribution in [3.05, 3.63) is 24.3 Å². The molecule has 10 heavy (non-hydrogen) atoms. The summed E-state index contributed by atoms with van der Waals surface area (Å²) < 4.78 is 0. The zero-order valence-electron chi connectivity index (χ0n) is 5.27. The van der Waals surface area contributed by atoms with Crippen molar-refractivity contribution in [2.75, 3.05) is 0 Å². The molecule has 0 spiro atoms. The van der Waals surface area contributed by atoms with Gasteiger partial charge in [0.25, 0.3) is 0 Å². The maximum Gasteiger partial charge on any atom is 0.466 e. The van der Waals surface area contributed by atoms with Crippen LogP contribution in [-0.2, 0) is 4.79 Å². The molecule has 1 atom stereocenters. The molecule has 0 saturated heterocycles. The molecule has 0 radical (unpaired) electrons. The van der Waals surface area contributed by atoms with Crippen LogP contribution in [0, 0.1) is 0 Å². The smallest absolute Gasteiger partial charge is 0.426 e. The molecule has 0 aromatic rings. The Hall–Kier alpha value is -0.865. The van der Waals surface area contributed by atoms with E-state index < -0.39 is 12.9 Å². The second-order valence-electron chi connectivity index (χ2n) is 2.09. The van der Waals surface area contributed by atoms with E-state index in [1.54, 1.807) is 12.2 Å². The van der Waals surface area contributed by atoms with Crippen molar-refractivity contribution in [1.82, 2.24) is 0 Å². The highest BCUT2D eigenvalue weighted by Crippen LogP contribution is 2.14. The fourth-order valence-electron chi connectivity index (χ4n) is 0.787. The number of hydrogen-bond acceptors (Lipinski definition) is 3. The van der Waals surface area contributed by atoms with E-state index >= 15 is 0 Å². The Morgan fingerprint density at radius 1 is 1.40 bits per heavy atom. The van der Waals surface area contributed by atoms with Crippen LogP contribution in [-0.4, -0.2) is 22.9 Å². The van der Waals surface area contributed by atoms with Gasteiger partial charge in [0.2, 0.25) is 0 Å². The van der Waals surface area contributed by atoms with Crippen LogP contribution in [0.5, 0.6) is 0 Å². The molecule has 52 valence electrons. The van der Waals surface area contributed by atoms with Gasteiger partial charge in [-0.3, -0.25) is 4.79 Å². The molecule has 0 heterocycles. The van der Waals surface area contributed by atoms with Crippen LogP contribution >= 0.6 is 0 Å². The topological polar surface area (TPSA) is 57.5 Å².